The van der Waals surface area contributed by atoms with Gasteiger partial charge in [0.05, 0.1) is 52.4 Å². The van der Waals surface area contributed by atoms with Crippen molar-refractivity contribution in [2.75, 3.05) is 0 Å². The van der Waals surface area contributed by atoms with Crippen molar-refractivity contribution in [3.63, 3.8) is 0 Å². The fourth-order valence-corrected chi connectivity index (χ4v) is 7.50. The molecule has 51 heavy (non-hydrogen) atoms. The average molecular weight is 662 g/mol. The van der Waals surface area contributed by atoms with Crippen LogP contribution in [0.15, 0.2) is 103 Å². The summed E-state index contributed by atoms with van der Waals surface area (Å²) in [7, 11) is 0. The Balaban J connectivity index is 1.51. The van der Waals surface area contributed by atoms with Gasteiger partial charge < -0.3 is 0 Å². The second kappa shape index (κ2) is 11.2. The molecule has 0 bridgehead atoms. The standard InChI is InChI=1S/C42H21F2N7/c1-21(18-45)31-29-16-25(43)12-14-27(29)35-37(31)50-41-33(22-8-4-2-5-9-22)40-42(34(39(41)48-35)23-10-6-3-7-11-23)51-38-32(24(19-46)20-47)30-17-26(44)13-15-28(30)36(38)49-40/h2-17,24,32H,1H3/b31-21+. The summed E-state index contributed by atoms with van der Waals surface area (Å²) in [6.07, 6.45) is 0. The van der Waals surface area contributed by atoms with Gasteiger partial charge in [0.2, 0.25) is 0 Å². The minimum atomic E-state index is -1.15. The Morgan fingerprint density at radius 3 is 1.73 bits per heavy atom. The molecule has 1 unspecified atom stereocenters. The number of aromatic nitrogens is 4. The summed E-state index contributed by atoms with van der Waals surface area (Å²) in [5, 5.41) is 30.2. The number of halogens is 2. The molecule has 1 atom stereocenters. The second-order valence-electron chi connectivity index (χ2n) is 12.5. The van der Waals surface area contributed by atoms with Gasteiger partial charge in [0.1, 0.15) is 34.1 Å². The van der Waals surface area contributed by atoms with Gasteiger partial charge >= 0.3 is 0 Å². The molecule has 0 fully saturated rings. The predicted molar refractivity (Wildman–Crippen MR) is 188 cm³/mol. The van der Waals surface area contributed by atoms with Gasteiger partial charge in [-0.3, -0.25) is 0 Å². The van der Waals surface area contributed by atoms with Gasteiger partial charge in [-0.1, -0.05) is 60.7 Å². The number of fused-ring (bicyclic) bond motifs is 8. The van der Waals surface area contributed by atoms with E-state index >= 15 is 0 Å². The summed E-state index contributed by atoms with van der Waals surface area (Å²) in [6, 6.07) is 34.3. The lowest BCUT2D eigenvalue weighted by molar-refractivity contribution is 0.620. The first-order chi connectivity index (χ1) is 24.9. The third-order valence-electron chi connectivity index (χ3n) is 9.69. The Kier molecular flexibility index (Phi) is 6.58. The van der Waals surface area contributed by atoms with E-state index in [9.17, 15) is 24.6 Å². The zero-order valence-electron chi connectivity index (χ0n) is 26.8. The predicted octanol–water partition coefficient (Wildman–Crippen LogP) is 9.29. The van der Waals surface area contributed by atoms with E-state index in [0.29, 0.717) is 89.4 Å². The largest absolute Gasteiger partial charge is 0.247 e. The number of rotatable bonds is 3. The molecule has 7 aromatic rings. The lowest BCUT2D eigenvalue weighted by Crippen LogP contribution is -2.11. The van der Waals surface area contributed by atoms with Crippen LogP contribution in [0.1, 0.15) is 35.4 Å². The molecule has 2 aliphatic rings. The molecule has 5 aromatic carbocycles. The third-order valence-corrected chi connectivity index (χ3v) is 9.69. The van der Waals surface area contributed by atoms with Crippen molar-refractivity contribution < 1.29 is 8.78 Å². The van der Waals surface area contributed by atoms with Gasteiger partial charge in [-0.25, -0.2) is 28.7 Å². The minimum absolute atomic E-state index is 0.372. The van der Waals surface area contributed by atoms with Crippen LogP contribution in [0.3, 0.4) is 0 Å². The summed E-state index contributed by atoms with van der Waals surface area (Å²) < 4.78 is 29.5. The van der Waals surface area contributed by atoms with Crippen LogP contribution in [0.4, 0.5) is 8.78 Å². The third kappa shape index (κ3) is 4.31. The molecule has 0 N–H and O–H groups in total. The summed E-state index contributed by atoms with van der Waals surface area (Å²) in [6.45, 7) is 1.68. The Morgan fingerprint density at radius 2 is 1.14 bits per heavy atom. The van der Waals surface area contributed by atoms with E-state index < -0.39 is 23.5 Å². The SMILES string of the molecule is C/C(C#N)=C1/c2cc(F)ccc2-c2nc3c(-c4ccccc4)c4nc5c(nc4c(-c4ccccc4)c3nc21)-c1ccc(F)cc1C5C(C#N)C#N. The highest BCUT2D eigenvalue weighted by atomic mass is 19.1. The second-order valence-corrected chi connectivity index (χ2v) is 12.5. The van der Waals surface area contributed by atoms with Crippen LogP contribution in [0.2, 0.25) is 0 Å². The van der Waals surface area contributed by atoms with Crippen molar-refractivity contribution in [3.05, 3.63) is 137 Å². The first kappa shape index (κ1) is 29.9. The van der Waals surface area contributed by atoms with E-state index in [0.717, 1.165) is 11.1 Å². The van der Waals surface area contributed by atoms with Crippen molar-refractivity contribution in [2.45, 2.75) is 12.8 Å². The first-order valence-electron chi connectivity index (χ1n) is 16.1. The molecular weight excluding hydrogens is 641 g/mol. The molecule has 238 valence electrons. The fourth-order valence-electron chi connectivity index (χ4n) is 7.50. The van der Waals surface area contributed by atoms with Crippen LogP contribution < -0.4 is 0 Å². The van der Waals surface area contributed by atoms with Gasteiger partial charge in [0.15, 0.2) is 0 Å². The lowest BCUT2D eigenvalue weighted by atomic mass is 9.88. The van der Waals surface area contributed by atoms with Crippen molar-refractivity contribution >= 4 is 27.6 Å². The van der Waals surface area contributed by atoms with Crippen LogP contribution in [-0.2, 0) is 0 Å². The highest BCUT2D eigenvalue weighted by Gasteiger charge is 2.39. The van der Waals surface area contributed by atoms with Gasteiger partial charge in [-0.15, -0.1) is 0 Å². The van der Waals surface area contributed by atoms with E-state index in [2.05, 4.69) is 18.2 Å². The monoisotopic (exact) mass is 661 g/mol. The Hall–Kier alpha value is -7.15. The van der Waals surface area contributed by atoms with E-state index in [4.69, 9.17) is 19.9 Å². The number of benzene rings is 5. The Labute approximate surface area is 290 Å². The van der Waals surface area contributed by atoms with Crippen molar-refractivity contribution in [1.29, 1.82) is 15.8 Å². The van der Waals surface area contributed by atoms with E-state index in [-0.39, 0.29) is 0 Å². The van der Waals surface area contributed by atoms with E-state index in [1.165, 1.54) is 24.3 Å². The minimum Gasteiger partial charge on any atom is -0.247 e. The average Bonchev–Trinajstić information content (AvgIpc) is 3.63. The number of hydrogen-bond donors (Lipinski definition) is 0. The van der Waals surface area contributed by atoms with Crippen LogP contribution in [0, 0.1) is 51.5 Å². The smallest absolute Gasteiger partial charge is 0.145 e. The maximum atomic E-state index is 14.8. The zero-order chi connectivity index (χ0) is 35.0. The highest BCUT2D eigenvalue weighted by Crippen LogP contribution is 2.51. The topological polar surface area (TPSA) is 123 Å². The summed E-state index contributed by atoms with van der Waals surface area (Å²) >= 11 is 0. The van der Waals surface area contributed by atoms with Gasteiger partial charge in [-0.05, 0) is 65.6 Å². The molecule has 0 amide bonds. The molecule has 2 aromatic heterocycles. The Morgan fingerprint density at radius 1 is 0.608 bits per heavy atom. The zero-order valence-corrected chi connectivity index (χ0v) is 26.8. The van der Waals surface area contributed by atoms with Gasteiger partial charge in [0.25, 0.3) is 0 Å². The first-order valence-corrected chi connectivity index (χ1v) is 16.1. The highest BCUT2D eigenvalue weighted by molar-refractivity contribution is 6.18. The summed E-state index contributed by atoms with van der Waals surface area (Å²) in [5.74, 6) is -2.93. The molecule has 0 aliphatic heterocycles. The molecule has 0 saturated carbocycles. The van der Waals surface area contributed by atoms with E-state index in [1.54, 1.807) is 19.1 Å². The molecular formula is C42H21F2N7. The molecule has 0 spiro atoms. The molecule has 2 aliphatic carbocycles. The van der Waals surface area contributed by atoms with E-state index in [1.807, 2.05) is 60.7 Å². The van der Waals surface area contributed by atoms with Crippen LogP contribution in [-0.4, -0.2) is 19.9 Å². The molecule has 2 heterocycles. The maximum absolute atomic E-state index is 14.8. The number of hydrogen-bond acceptors (Lipinski definition) is 7. The van der Waals surface area contributed by atoms with Crippen molar-refractivity contribution in [1.82, 2.24) is 19.9 Å². The quantitative estimate of drug-likeness (QED) is 0.137. The Bertz CT molecular complexity index is 2810. The molecule has 0 radical (unpaired) electrons. The summed E-state index contributed by atoms with van der Waals surface area (Å²) in [5.41, 5.74) is 9.70. The molecule has 7 nitrogen and oxygen atoms in total. The molecule has 9 heteroatoms. The molecule has 9 rings (SSSR count). The lowest BCUT2D eigenvalue weighted by Gasteiger charge is -2.18. The maximum Gasteiger partial charge on any atom is 0.145 e. The fraction of sp³-hybridized carbons (Fsp3) is 0.0714. The number of nitriles is 3. The summed E-state index contributed by atoms with van der Waals surface area (Å²) in [4.78, 5) is 21.1. The number of nitrogens with zero attached hydrogens (tertiary/aromatic N) is 7. The van der Waals surface area contributed by atoms with Crippen LogP contribution >= 0.6 is 0 Å². The van der Waals surface area contributed by atoms with Gasteiger partial charge in [0, 0.05) is 33.4 Å². The van der Waals surface area contributed by atoms with Crippen molar-refractivity contribution in [3.8, 4) is 63.0 Å². The van der Waals surface area contributed by atoms with Gasteiger partial charge in [-0.2, -0.15) is 15.8 Å². The molecule has 0 saturated heterocycles. The van der Waals surface area contributed by atoms with Crippen molar-refractivity contribution in [2.24, 2.45) is 5.92 Å². The normalized spacial score (nSPS) is 14.7. The van der Waals surface area contributed by atoms with Crippen LogP contribution in [0.5, 0.6) is 0 Å². The van der Waals surface area contributed by atoms with Crippen LogP contribution in [0.25, 0.3) is 72.4 Å². The number of allylic oxidation sites excluding steroid dienone is 1.